The molecule has 2 aromatic rings. The summed E-state index contributed by atoms with van der Waals surface area (Å²) in [4.78, 5) is 28.1. The second kappa shape index (κ2) is 10.1. The molecule has 1 fully saturated rings. The summed E-state index contributed by atoms with van der Waals surface area (Å²) in [6, 6.07) is 7.13. The van der Waals surface area contributed by atoms with E-state index in [1.807, 2.05) is 30.5 Å². The van der Waals surface area contributed by atoms with Gasteiger partial charge >= 0.3 is 5.97 Å². The Labute approximate surface area is 178 Å². The predicted octanol–water partition coefficient (Wildman–Crippen LogP) is 3.85. The highest BCUT2D eigenvalue weighted by atomic mass is 16.5. The lowest BCUT2D eigenvalue weighted by Crippen LogP contribution is -2.45. The number of rotatable bonds is 8. The van der Waals surface area contributed by atoms with Crippen molar-refractivity contribution in [3.63, 3.8) is 0 Å². The fourth-order valence-corrected chi connectivity index (χ4v) is 4.58. The maximum atomic E-state index is 12.6. The van der Waals surface area contributed by atoms with Crippen LogP contribution in [0.2, 0.25) is 0 Å². The van der Waals surface area contributed by atoms with Gasteiger partial charge < -0.3 is 19.8 Å². The Hall–Kier alpha value is -2.34. The van der Waals surface area contributed by atoms with Crippen LogP contribution in [0.25, 0.3) is 10.9 Å². The average Bonchev–Trinajstić information content (AvgIpc) is 3.14. The Kier molecular flexibility index (Phi) is 7.53. The average molecular weight is 415 g/mol. The lowest BCUT2D eigenvalue weighted by molar-refractivity contribution is -0.146. The number of aromatic amines is 1. The molecule has 6 heteroatoms. The zero-order valence-corrected chi connectivity index (χ0v) is 18.4. The summed E-state index contributed by atoms with van der Waals surface area (Å²) < 4.78 is 11.0. The molecular formula is C24H34N2O4. The summed E-state index contributed by atoms with van der Waals surface area (Å²) in [7, 11) is 1.34. The van der Waals surface area contributed by atoms with Crippen LogP contribution in [0, 0.1) is 17.8 Å². The molecule has 0 saturated heterocycles. The van der Waals surface area contributed by atoms with Crippen LogP contribution in [0.5, 0.6) is 0 Å². The third-order valence-electron chi connectivity index (χ3n) is 6.31. The van der Waals surface area contributed by atoms with Gasteiger partial charge in [0.15, 0.2) is 0 Å². The number of benzene rings is 1. The lowest BCUT2D eigenvalue weighted by Gasteiger charge is -2.37. The Balaban J connectivity index is 1.62. The molecule has 1 aliphatic carbocycles. The van der Waals surface area contributed by atoms with Crippen LogP contribution >= 0.6 is 0 Å². The van der Waals surface area contributed by atoms with Crippen molar-refractivity contribution in [3.05, 3.63) is 36.0 Å². The molecule has 1 amide bonds. The number of esters is 1. The number of H-pyrrole nitrogens is 1. The molecule has 0 aliphatic heterocycles. The number of ether oxygens (including phenoxy) is 2. The first-order valence-electron chi connectivity index (χ1n) is 10.9. The number of fused-ring (bicyclic) bond motifs is 1. The maximum Gasteiger partial charge on any atom is 0.328 e. The fraction of sp³-hybridized carbons (Fsp3) is 0.583. The van der Waals surface area contributed by atoms with Crippen molar-refractivity contribution in [2.75, 3.05) is 13.7 Å². The third-order valence-corrected chi connectivity index (χ3v) is 6.31. The number of aromatic nitrogens is 1. The van der Waals surface area contributed by atoms with E-state index in [2.05, 4.69) is 31.1 Å². The van der Waals surface area contributed by atoms with Crippen molar-refractivity contribution in [3.8, 4) is 0 Å². The van der Waals surface area contributed by atoms with Gasteiger partial charge in [-0.15, -0.1) is 0 Å². The minimum Gasteiger partial charge on any atom is -0.467 e. The van der Waals surface area contributed by atoms with Gasteiger partial charge in [0, 0.05) is 23.5 Å². The zero-order chi connectivity index (χ0) is 21.7. The van der Waals surface area contributed by atoms with E-state index in [0.29, 0.717) is 24.2 Å². The van der Waals surface area contributed by atoms with Gasteiger partial charge in [0.1, 0.15) is 12.6 Å². The highest BCUT2D eigenvalue weighted by molar-refractivity contribution is 5.87. The molecule has 1 aromatic carbocycles. The van der Waals surface area contributed by atoms with E-state index in [9.17, 15) is 9.59 Å². The molecule has 4 atom stereocenters. The number of carbonyl (C=O) groups is 2. The molecule has 2 N–H and O–H groups in total. The topological polar surface area (TPSA) is 80.4 Å². The number of hydrogen-bond acceptors (Lipinski definition) is 4. The summed E-state index contributed by atoms with van der Waals surface area (Å²) in [6.07, 6.45) is 5.65. The number of amides is 1. The van der Waals surface area contributed by atoms with Crippen LogP contribution < -0.4 is 5.32 Å². The van der Waals surface area contributed by atoms with Gasteiger partial charge in [0.2, 0.25) is 5.91 Å². The Morgan fingerprint density at radius 1 is 1.23 bits per heavy atom. The number of para-hydroxylation sites is 1. The first kappa shape index (κ1) is 22.3. The molecule has 164 valence electrons. The van der Waals surface area contributed by atoms with Gasteiger partial charge in [-0.25, -0.2) is 4.79 Å². The van der Waals surface area contributed by atoms with E-state index in [-0.39, 0.29) is 18.6 Å². The first-order chi connectivity index (χ1) is 14.4. The Morgan fingerprint density at radius 3 is 2.73 bits per heavy atom. The summed E-state index contributed by atoms with van der Waals surface area (Å²) >= 11 is 0. The number of carbonyl (C=O) groups excluding carboxylic acids is 2. The van der Waals surface area contributed by atoms with Crippen LogP contribution in [0.3, 0.4) is 0 Å². The standard InChI is InChI=1S/C24H34N2O4/c1-15(2)18-10-9-16(3)11-22(18)30-14-23(27)26-21(24(28)29-4)12-17-13-25-20-8-6-5-7-19(17)20/h5-8,13,15-16,18,21-22,25H,9-12,14H2,1-4H3,(H,26,27)/t16?,18?,21-,22?/m0/s1. The van der Waals surface area contributed by atoms with Crippen molar-refractivity contribution in [2.24, 2.45) is 17.8 Å². The van der Waals surface area contributed by atoms with E-state index < -0.39 is 12.0 Å². The van der Waals surface area contributed by atoms with E-state index in [1.54, 1.807) is 0 Å². The molecule has 0 spiro atoms. The van der Waals surface area contributed by atoms with E-state index in [1.165, 1.54) is 13.5 Å². The van der Waals surface area contributed by atoms with E-state index in [4.69, 9.17) is 9.47 Å². The van der Waals surface area contributed by atoms with Gasteiger partial charge in [-0.05, 0) is 42.2 Å². The molecule has 1 heterocycles. The van der Waals surface area contributed by atoms with Crippen molar-refractivity contribution in [2.45, 2.75) is 58.6 Å². The van der Waals surface area contributed by atoms with Crippen LogP contribution in [-0.4, -0.2) is 42.7 Å². The molecular weight excluding hydrogens is 380 g/mol. The summed E-state index contributed by atoms with van der Waals surface area (Å²) in [5, 5.41) is 3.85. The van der Waals surface area contributed by atoms with Gasteiger partial charge in [0.25, 0.3) is 0 Å². The molecule has 6 nitrogen and oxygen atoms in total. The van der Waals surface area contributed by atoms with Gasteiger partial charge in [-0.2, -0.15) is 0 Å². The Bertz CT molecular complexity index is 860. The van der Waals surface area contributed by atoms with Crippen molar-refractivity contribution >= 4 is 22.8 Å². The highest BCUT2D eigenvalue weighted by Gasteiger charge is 2.32. The number of methoxy groups -OCH3 is 1. The molecule has 1 saturated carbocycles. The van der Waals surface area contributed by atoms with Crippen LogP contribution in [0.4, 0.5) is 0 Å². The minimum absolute atomic E-state index is 0.0397. The van der Waals surface area contributed by atoms with Gasteiger partial charge in [-0.3, -0.25) is 4.79 Å². The fourth-order valence-electron chi connectivity index (χ4n) is 4.58. The van der Waals surface area contributed by atoms with Gasteiger partial charge in [0.05, 0.1) is 13.2 Å². The number of hydrogen-bond donors (Lipinski definition) is 2. The smallest absolute Gasteiger partial charge is 0.328 e. The van der Waals surface area contributed by atoms with Crippen molar-refractivity contribution < 1.29 is 19.1 Å². The lowest BCUT2D eigenvalue weighted by atomic mass is 9.75. The molecule has 1 aromatic heterocycles. The third kappa shape index (κ3) is 5.42. The second-order valence-corrected chi connectivity index (χ2v) is 8.88. The first-order valence-corrected chi connectivity index (χ1v) is 10.9. The molecule has 0 bridgehead atoms. The van der Waals surface area contributed by atoms with Crippen molar-refractivity contribution in [1.29, 1.82) is 0 Å². The normalized spacial score (nSPS) is 22.8. The highest BCUT2D eigenvalue weighted by Crippen LogP contribution is 2.35. The SMILES string of the molecule is COC(=O)[C@H](Cc1c[nH]c2ccccc12)NC(=O)COC1CC(C)CCC1C(C)C. The van der Waals surface area contributed by atoms with Crippen LogP contribution in [-0.2, 0) is 25.5 Å². The summed E-state index contributed by atoms with van der Waals surface area (Å²) in [5.41, 5.74) is 1.96. The Morgan fingerprint density at radius 2 is 2.00 bits per heavy atom. The summed E-state index contributed by atoms with van der Waals surface area (Å²) in [6.45, 7) is 6.63. The van der Waals surface area contributed by atoms with Crippen molar-refractivity contribution in [1.82, 2.24) is 10.3 Å². The molecule has 30 heavy (non-hydrogen) atoms. The largest absolute Gasteiger partial charge is 0.467 e. The molecule has 3 unspecified atom stereocenters. The second-order valence-electron chi connectivity index (χ2n) is 8.88. The van der Waals surface area contributed by atoms with Gasteiger partial charge in [-0.1, -0.05) is 45.4 Å². The molecule has 3 rings (SSSR count). The van der Waals surface area contributed by atoms with E-state index in [0.717, 1.165) is 29.3 Å². The number of nitrogens with one attached hydrogen (secondary N) is 2. The zero-order valence-electron chi connectivity index (χ0n) is 18.4. The minimum atomic E-state index is -0.753. The van der Waals surface area contributed by atoms with E-state index >= 15 is 0 Å². The quantitative estimate of drug-likeness (QED) is 0.643. The molecule has 0 radical (unpaired) electrons. The maximum absolute atomic E-state index is 12.6. The monoisotopic (exact) mass is 414 g/mol. The van der Waals surface area contributed by atoms with Crippen LogP contribution in [0.15, 0.2) is 30.5 Å². The summed E-state index contributed by atoms with van der Waals surface area (Å²) in [5.74, 6) is 0.857. The van der Waals surface area contributed by atoms with Crippen LogP contribution in [0.1, 0.15) is 45.6 Å². The molecule has 1 aliphatic rings. The predicted molar refractivity (Wildman–Crippen MR) is 117 cm³/mol.